The van der Waals surface area contributed by atoms with E-state index < -0.39 is 0 Å². The smallest absolute Gasteiger partial charge is 0.0594 e. The van der Waals surface area contributed by atoms with Crippen molar-refractivity contribution in [1.82, 2.24) is 9.80 Å². The summed E-state index contributed by atoms with van der Waals surface area (Å²) in [6.45, 7) is 10.0. The van der Waals surface area contributed by atoms with E-state index in [1.165, 1.54) is 19.5 Å². The van der Waals surface area contributed by atoms with Crippen molar-refractivity contribution in [3.05, 3.63) is 0 Å². The normalized spacial score (nSPS) is 38.1. The Morgan fingerprint density at radius 3 is 2.63 bits per heavy atom. The second-order valence-corrected chi connectivity index (χ2v) is 6.33. The molecule has 3 heterocycles. The van der Waals surface area contributed by atoms with Gasteiger partial charge in [0.2, 0.25) is 0 Å². The lowest BCUT2D eigenvalue weighted by atomic mass is 9.87. The Morgan fingerprint density at radius 2 is 1.95 bits per heavy atom. The first-order valence-electron chi connectivity index (χ1n) is 7.63. The Labute approximate surface area is 116 Å². The molecule has 0 saturated carbocycles. The van der Waals surface area contributed by atoms with Crippen molar-refractivity contribution in [3.8, 4) is 0 Å². The molecule has 0 aromatic rings. The molecule has 0 aromatic carbocycles. The summed E-state index contributed by atoms with van der Waals surface area (Å²) in [7, 11) is 0. The zero-order valence-electron chi connectivity index (χ0n) is 11.9. The molecule has 3 saturated heterocycles. The van der Waals surface area contributed by atoms with Crippen molar-refractivity contribution >= 4 is 0 Å². The average Bonchev–Trinajstić information content (AvgIpc) is 3.10. The number of hydrogen-bond acceptors (Lipinski definition) is 5. The maximum Gasteiger partial charge on any atom is 0.0594 e. The quantitative estimate of drug-likeness (QED) is 0.763. The van der Waals surface area contributed by atoms with Crippen LogP contribution in [0.2, 0.25) is 0 Å². The highest BCUT2D eigenvalue weighted by Crippen LogP contribution is 2.30. The van der Waals surface area contributed by atoms with Gasteiger partial charge in [0, 0.05) is 50.8 Å². The zero-order valence-corrected chi connectivity index (χ0v) is 11.9. The summed E-state index contributed by atoms with van der Waals surface area (Å²) in [6.07, 6.45) is 2.42. The molecule has 0 radical (unpaired) electrons. The fourth-order valence-electron chi connectivity index (χ4n) is 3.67. The minimum atomic E-state index is 0.222. The van der Waals surface area contributed by atoms with Gasteiger partial charge in [-0.15, -0.1) is 0 Å². The summed E-state index contributed by atoms with van der Waals surface area (Å²) in [5.74, 6) is 0. The van der Waals surface area contributed by atoms with E-state index in [4.69, 9.17) is 15.2 Å². The molecule has 19 heavy (non-hydrogen) atoms. The van der Waals surface area contributed by atoms with Crippen molar-refractivity contribution in [1.29, 1.82) is 0 Å². The maximum absolute atomic E-state index is 5.99. The van der Waals surface area contributed by atoms with Crippen molar-refractivity contribution in [2.24, 2.45) is 11.1 Å². The van der Waals surface area contributed by atoms with E-state index in [9.17, 15) is 0 Å². The summed E-state index contributed by atoms with van der Waals surface area (Å²) < 4.78 is 11.0. The van der Waals surface area contributed by atoms with E-state index >= 15 is 0 Å². The Hall–Kier alpha value is -0.200. The monoisotopic (exact) mass is 269 g/mol. The lowest BCUT2D eigenvalue weighted by Crippen LogP contribution is -2.46. The Kier molecular flexibility index (Phi) is 4.39. The molecule has 3 fully saturated rings. The van der Waals surface area contributed by atoms with Crippen LogP contribution in [-0.4, -0.2) is 81.5 Å². The lowest BCUT2D eigenvalue weighted by molar-refractivity contribution is 0.0174. The van der Waals surface area contributed by atoms with Gasteiger partial charge in [-0.2, -0.15) is 0 Å². The van der Waals surface area contributed by atoms with Gasteiger partial charge >= 0.3 is 0 Å². The van der Waals surface area contributed by atoms with Gasteiger partial charge in [-0.05, 0) is 19.4 Å². The van der Waals surface area contributed by atoms with Crippen LogP contribution in [0.4, 0.5) is 0 Å². The van der Waals surface area contributed by atoms with Gasteiger partial charge in [0.05, 0.1) is 19.8 Å². The highest BCUT2D eigenvalue weighted by Gasteiger charge is 2.38. The Morgan fingerprint density at radius 1 is 1.11 bits per heavy atom. The van der Waals surface area contributed by atoms with E-state index in [1.54, 1.807) is 0 Å². The lowest BCUT2D eigenvalue weighted by Gasteiger charge is -2.34. The number of morpholine rings is 1. The molecule has 0 bridgehead atoms. The highest BCUT2D eigenvalue weighted by molar-refractivity contribution is 4.92. The topological polar surface area (TPSA) is 51.0 Å². The molecule has 3 aliphatic rings. The van der Waals surface area contributed by atoms with Crippen LogP contribution in [0.5, 0.6) is 0 Å². The van der Waals surface area contributed by atoms with E-state index in [0.717, 1.165) is 65.1 Å². The fraction of sp³-hybridized carbons (Fsp3) is 1.00. The molecule has 2 unspecified atom stereocenters. The van der Waals surface area contributed by atoms with E-state index in [1.807, 2.05) is 0 Å². The largest absolute Gasteiger partial charge is 0.381 e. The number of rotatable bonds is 4. The first kappa shape index (κ1) is 13.8. The van der Waals surface area contributed by atoms with Crippen LogP contribution in [0.1, 0.15) is 12.8 Å². The van der Waals surface area contributed by atoms with Crippen LogP contribution in [0, 0.1) is 5.41 Å². The number of nitrogens with zero attached hydrogens (tertiary/aromatic N) is 2. The third-order valence-electron chi connectivity index (χ3n) is 4.99. The molecule has 3 aliphatic heterocycles. The molecular formula is C14H27N3O2. The predicted octanol–water partition coefficient (Wildman–Crippen LogP) is -0.242. The van der Waals surface area contributed by atoms with Crippen molar-refractivity contribution < 1.29 is 9.47 Å². The van der Waals surface area contributed by atoms with Crippen LogP contribution in [0.15, 0.2) is 0 Å². The standard InChI is InChI=1S/C14H27N3O2/c15-10-14(2-6-19-12-14)11-16-3-1-13(9-16)17-4-7-18-8-5-17/h13H,1-12,15H2. The van der Waals surface area contributed by atoms with Gasteiger partial charge < -0.3 is 20.1 Å². The second kappa shape index (κ2) is 6.06. The number of hydrogen-bond donors (Lipinski definition) is 1. The van der Waals surface area contributed by atoms with Crippen LogP contribution >= 0.6 is 0 Å². The molecule has 0 amide bonds. The number of nitrogens with two attached hydrogens (primary N) is 1. The van der Waals surface area contributed by atoms with Crippen LogP contribution in [0.25, 0.3) is 0 Å². The van der Waals surface area contributed by atoms with Gasteiger partial charge in [0.1, 0.15) is 0 Å². The zero-order chi connectivity index (χ0) is 13.1. The molecule has 2 atom stereocenters. The molecule has 5 heteroatoms. The Bertz CT molecular complexity index is 288. The maximum atomic E-state index is 5.99. The first-order chi connectivity index (χ1) is 9.31. The van der Waals surface area contributed by atoms with Gasteiger partial charge in [-0.3, -0.25) is 4.90 Å². The van der Waals surface area contributed by atoms with Crippen molar-refractivity contribution in [2.45, 2.75) is 18.9 Å². The molecular weight excluding hydrogens is 242 g/mol. The molecule has 0 aromatic heterocycles. The SMILES string of the molecule is NCC1(CN2CCC(N3CCOCC3)C2)CCOC1. The predicted molar refractivity (Wildman–Crippen MR) is 74.2 cm³/mol. The van der Waals surface area contributed by atoms with Crippen molar-refractivity contribution in [3.63, 3.8) is 0 Å². The number of ether oxygens (including phenoxy) is 2. The van der Waals surface area contributed by atoms with Gasteiger partial charge in [-0.25, -0.2) is 0 Å². The van der Waals surface area contributed by atoms with Gasteiger partial charge in [-0.1, -0.05) is 0 Å². The third-order valence-corrected chi connectivity index (χ3v) is 4.99. The van der Waals surface area contributed by atoms with E-state index in [2.05, 4.69) is 9.80 Å². The van der Waals surface area contributed by atoms with Crippen LogP contribution in [-0.2, 0) is 9.47 Å². The minimum absolute atomic E-state index is 0.222. The second-order valence-electron chi connectivity index (χ2n) is 6.33. The summed E-state index contributed by atoms with van der Waals surface area (Å²) in [5.41, 5.74) is 6.21. The molecule has 0 aliphatic carbocycles. The van der Waals surface area contributed by atoms with Crippen LogP contribution in [0.3, 0.4) is 0 Å². The van der Waals surface area contributed by atoms with Gasteiger partial charge in [0.25, 0.3) is 0 Å². The fourth-order valence-corrected chi connectivity index (χ4v) is 3.67. The summed E-state index contributed by atoms with van der Waals surface area (Å²) >= 11 is 0. The third kappa shape index (κ3) is 3.11. The van der Waals surface area contributed by atoms with Crippen LogP contribution < -0.4 is 5.73 Å². The molecule has 3 rings (SSSR count). The Balaban J connectivity index is 1.51. The first-order valence-corrected chi connectivity index (χ1v) is 7.63. The van der Waals surface area contributed by atoms with E-state index in [0.29, 0.717) is 0 Å². The highest BCUT2D eigenvalue weighted by atomic mass is 16.5. The summed E-state index contributed by atoms with van der Waals surface area (Å²) in [4.78, 5) is 5.20. The van der Waals surface area contributed by atoms with E-state index in [-0.39, 0.29) is 5.41 Å². The van der Waals surface area contributed by atoms with Crippen molar-refractivity contribution in [2.75, 3.05) is 65.7 Å². The minimum Gasteiger partial charge on any atom is -0.381 e. The average molecular weight is 269 g/mol. The molecule has 0 spiro atoms. The summed E-state index contributed by atoms with van der Waals surface area (Å²) in [6, 6.07) is 0.723. The molecule has 5 nitrogen and oxygen atoms in total. The van der Waals surface area contributed by atoms with Gasteiger partial charge in [0.15, 0.2) is 0 Å². The summed E-state index contributed by atoms with van der Waals surface area (Å²) in [5, 5.41) is 0. The number of likely N-dealkylation sites (tertiary alicyclic amines) is 1. The molecule has 2 N–H and O–H groups in total. The molecule has 110 valence electrons.